The van der Waals surface area contributed by atoms with Crippen molar-refractivity contribution in [3.05, 3.63) is 24.3 Å². The third-order valence-corrected chi connectivity index (χ3v) is 15.2. The summed E-state index contributed by atoms with van der Waals surface area (Å²) >= 11 is 11.5. The topological polar surface area (TPSA) is 77.1 Å². The van der Waals surface area contributed by atoms with Crippen molar-refractivity contribution in [1.29, 1.82) is 0 Å². The van der Waals surface area contributed by atoms with Crippen molar-refractivity contribution in [2.45, 2.75) is 41.5 Å². The van der Waals surface area contributed by atoms with E-state index >= 15 is 0 Å². The van der Waals surface area contributed by atoms with Gasteiger partial charge in [0, 0.05) is 0 Å². The average Bonchev–Trinajstić information content (AvgIpc) is 3.03. The molecule has 1 aromatic carbocycles. The normalized spacial score (nSPS) is 18.4. The zero-order valence-corrected chi connectivity index (χ0v) is 23.7. The van der Waals surface area contributed by atoms with Crippen LogP contribution in [0.1, 0.15) is 41.5 Å². The quantitative estimate of drug-likeness (QED) is 0.223. The van der Waals surface area contributed by atoms with E-state index in [1.54, 1.807) is 44.5 Å². The van der Waals surface area contributed by atoms with Crippen LogP contribution in [-0.4, -0.2) is 44.2 Å². The molecule has 1 aromatic rings. The molecular formula is C18H34NO8P3S2. The fourth-order valence-electron chi connectivity index (χ4n) is 3.07. The molecule has 0 radical (unpaired) electrons. The fourth-order valence-corrected chi connectivity index (χ4v) is 15.1. The molecule has 0 aliphatic carbocycles. The Morgan fingerprint density at radius 2 is 1.06 bits per heavy atom. The Bertz CT molecular complexity index is 776. The van der Waals surface area contributed by atoms with Gasteiger partial charge >= 0.3 is 202 Å². The molecule has 0 saturated carbocycles. The van der Waals surface area contributed by atoms with E-state index in [0.717, 1.165) is 0 Å². The van der Waals surface area contributed by atoms with Crippen molar-refractivity contribution < 1.29 is 35.8 Å². The van der Waals surface area contributed by atoms with Gasteiger partial charge in [-0.15, -0.1) is 0 Å². The molecule has 1 aliphatic rings. The molecule has 0 amide bonds. The maximum absolute atomic E-state index is 6.54. The van der Waals surface area contributed by atoms with Crippen LogP contribution in [0.3, 0.4) is 0 Å². The number of nitrogens with zero attached hydrogens (tertiary/aromatic N) is 1. The first kappa shape index (κ1) is 28.5. The number of fused-ring (bicyclic) bond motifs is 1. The first-order chi connectivity index (χ1) is 15.2. The van der Waals surface area contributed by atoms with E-state index in [9.17, 15) is 0 Å². The van der Waals surface area contributed by atoms with E-state index in [2.05, 4.69) is 0 Å². The molecule has 0 saturated heterocycles. The molecule has 0 atom stereocenters. The van der Waals surface area contributed by atoms with Crippen LogP contribution in [0, 0.1) is 0 Å². The second kappa shape index (κ2) is 11.8. The van der Waals surface area contributed by atoms with Gasteiger partial charge in [-0.25, -0.2) is 0 Å². The van der Waals surface area contributed by atoms with E-state index in [1.165, 1.54) is 0 Å². The van der Waals surface area contributed by atoms with Crippen LogP contribution in [0.15, 0.2) is 24.3 Å². The number of hydrogen-bond acceptors (Lipinski definition) is 11. The molecule has 0 N–H and O–H groups in total. The van der Waals surface area contributed by atoms with Crippen molar-refractivity contribution in [2.24, 2.45) is 0 Å². The molecular weight excluding hydrogens is 515 g/mol. The molecule has 1 heterocycles. The van der Waals surface area contributed by atoms with Crippen molar-refractivity contribution in [2.75, 3.05) is 39.5 Å². The molecule has 0 fully saturated rings. The first-order valence-electron chi connectivity index (χ1n) is 10.7. The predicted octanol–water partition coefficient (Wildman–Crippen LogP) is 6.56. The van der Waals surface area contributed by atoms with E-state index in [1.807, 2.05) is 26.0 Å². The van der Waals surface area contributed by atoms with Crippen LogP contribution >= 0.6 is 21.1 Å². The number of para-hydroxylation sites is 2. The van der Waals surface area contributed by atoms with E-state index < -0.39 is 21.1 Å². The Kier molecular flexibility index (Phi) is 10.5. The molecule has 0 bridgehead atoms. The van der Waals surface area contributed by atoms with Gasteiger partial charge in [0.15, 0.2) is 0 Å². The summed E-state index contributed by atoms with van der Waals surface area (Å²) in [5.74, 6) is 0.863. The minimum atomic E-state index is -4.83. The molecule has 14 heteroatoms. The summed E-state index contributed by atoms with van der Waals surface area (Å²) in [6, 6.07) is 7.17. The third-order valence-electron chi connectivity index (χ3n) is 4.16. The van der Waals surface area contributed by atoms with Gasteiger partial charge in [0.2, 0.25) is 0 Å². The van der Waals surface area contributed by atoms with Crippen molar-refractivity contribution in [1.82, 2.24) is 4.67 Å². The maximum atomic E-state index is 6.54. The van der Waals surface area contributed by atoms with Crippen LogP contribution in [-0.2, 0) is 50.3 Å². The van der Waals surface area contributed by atoms with Crippen LogP contribution in [0.5, 0.6) is 11.5 Å². The molecule has 0 spiro atoms. The van der Waals surface area contributed by atoms with Crippen LogP contribution in [0.2, 0.25) is 0 Å². The van der Waals surface area contributed by atoms with Crippen molar-refractivity contribution >= 4 is 44.7 Å². The summed E-state index contributed by atoms with van der Waals surface area (Å²) in [6.07, 6.45) is 0. The summed E-state index contributed by atoms with van der Waals surface area (Å²) in [5, 5.41) is 0. The number of hydrogen-bond donors (Lipinski definition) is 0. The zero-order chi connectivity index (χ0) is 23.9. The Morgan fingerprint density at radius 1 is 0.719 bits per heavy atom. The summed E-state index contributed by atoms with van der Waals surface area (Å²) in [6.45, 7) is 6.20. The van der Waals surface area contributed by atoms with E-state index in [-0.39, 0.29) is 26.4 Å². The summed E-state index contributed by atoms with van der Waals surface area (Å²) in [4.78, 5) is 0. The fraction of sp³-hybridized carbons (Fsp3) is 0.667. The molecule has 0 aromatic heterocycles. The first-order valence-corrected chi connectivity index (χ1v) is 17.6. The molecule has 9 nitrogen and oxygen atoms in total. The monoisotopic (exact) mass is 549 g/mol. The number of rotatable bonds is 15. The van der Waals surface area contributed by atoms with Gasteiger partial charge in [0.05, 0.1) is 0 Å². The molecule has 186 valence electrons. The summed E-state index contributed by atoms with van der Waals surface area (Å²) < 4.78 is 51.1. The molecule has 0 unspecified atom stereocenters. The van der Waals surface area contributed by atoms with Gasteiger partial charge in [-0.2, -0.15) is 0 Å². The molecule has 1 aliphatic heterocycles. The second-order valence-electron chi connectivity index (χ2n) is 6.27. The average molecular weight is 550 g/mol. The van der Waals surface area contributed by atoms with E-state index in [4.69, 9.17) is 59.4 Å². The zero-order valence-electron chi connectivity index (χ0n) is 19.4. The van der Waals surface area contributed by atoms with Gasteiger partial charge in [-0.05, 0) is 0 Å². The van der Waals surface area contributed by atoms with Gasteiger partial charge in [0.1, 0.15) is 0 Å². The molecule has 2 rings (SSSR count). The van der Waals surface area contributed by atoms with Crippen LogP contribution < -0.4 is 9.05 Å². The summed E-state index contributed by atoms with van der Waals surface area (Å²) in [5.41, 5.74) is 0. The van der Waals surface area contributed by atoms with Crippen molar-refractivity contribution in [3.63, 3.8) is 0 Å². The third kappa shape index (κ3) is 6.09. The van der Waals surface area contributed by atoms with Gasteiger partial charge < -0.3 is 0 Å². The predicted molar refractivity (Wildman–Crippen MR) is 135 cm³/mol. The SMILES string of the molecule is CCOP(=S)(OCC)OP1(OP(=S)(OCC)OCC)(N(CC)CC)Oc2ccccc2O1. The standard InChI is InChI=1S/C18H34NO8P3S2/c1-7-19(8-2)30(26-28(31,20-9-3)21-10-4,27-29(32,22-11-5)23-12-6)24-17-15-13-14-16-18(17)25-30/h13-16H,7-12H2,1-6H3. The summed E-state index contributed by atoms with van der Waals surface area (Å²) in [7, 11) is -4.83. The number of benzene rings is 1. The van der Waals surface area contributed by atoms with Crippen molar-refractivity contribution in [3.8, 4) is 11.5 Å². The van der Waals surface area contributed by atoms with Gasteiger partial charge in [0.25, 0.3) is 0 Å². The Hall–Kier alpha value is 0.270. The minimum absolute atomic E-state index is 0.264. The van der Waals surface area contributed by atoms with Gasteiger partial charge in [-0.1, -0.05) is 0 Å². The Labute approximate surface area is 201 Å². The van der Waals surface area contributed by atoms with Crippen LogP contribution in [0.4, 0.5) is 0 Å². The van der Waals surface area contributed by atoms with E-state index in [0.29, 0.717) is 24.6 Å². The Balaban J connectivity index is 2.77. The van der Waals surface area contributed by atoms with Crippen LogP contribution in [0.25, 0.3) is 0 Å². The van der Waals surface area contributed by atoms with Gasteiger partial charge in [-0.3, -0.25) is 0 Å². The molecule has 32 heavy (non-hydrogen) atoms. The second-order valence-corrected chi connectivity index (χ2v) is 15.6. The Morgan fingerprint density at radius 3 is 1.34 bits per heavy atom.